The number of benzene rings is 2. The van der Waals surface area contributed by atoms with Crippen LogP contribution in [0.15, 0.2) is 54.6 Å². The van der Waals surface area contributed by atoms with Crippen LogP contribution in [0.25, 0.3) is 0 Å². The van der Waals surface area contributed by atoms with Gasteiger partial charge in [-0.3, -0.25) is 9.59 Å². The molecule has 0 aromatic heterocycles. The van der Waals surface area contributed by atoms with Crippen molar-refractivity contribution < 1.29 is 19.1 Å². The third kappa shape index (κ3) is 5.95. The van der Waals surface area contributed by atoms with E-state index in [-0.39, 0.29) is 18.3 Å². The summed E-state index contributed by atoms with van der Waals surface area (Å²) < 4.78 is 9.85. The number of methoxy groups -OCH3 is 2. The molecule has 0 saturated heterocycles. The summed E-state index contributed by atoms with van der Waals surface area (Å²) in [4.78, 5) is 23.9. The summed E-state index contributed by atoms with van der Waals surface area (Å²) in [5.41, 5.74) is 1.94. The molecule has 0 aliphatic heterocycles. The molecule has 1 N–H and O–H groups in total. The van der Waals surface area contributed by atoms with Gasteiger partial charge in [0.05, 0.1) is 26.7 Å². The molecule has 0 heterocycles. The molecule has 1 amide bonds. The van der Waals surface area contributed by atoms with E-state index in [1.165, 1.54) is 7.11 Å². The van der Waals surface area contributed by atoms with Gasteiger partial charge in [-0.05, 0) is 29.7 Å². The number of carbonyl (C=O) groups excluding carboxylic acids is 2. The van der Waals surface area contributed by atoms with Gasteiger partial charge in [-0.15, -0.1) is 0 Å². The maximum absolute atomic E-state index is 12.3. The first-order valence-corrected chi connectivity index (χ1v) is 8.16. The zero-order chi connectivity index (χ0) is 18.1. The van der Waals surface area contributed by atoms with Crippen LogP contribution in [0.3, 0.4) is 0 Å². The number of amides is 1. The first-order chi connectivity index (χ1) is 12.1. The van der Waals surface area contributed by atoms with Gasteiger partial charge in [0.15, 0.2) is 0 Å². The fraction of sp³-hybridized carbons (Fsp3) is 0.300. The van der Waals surface area contributed by atoms with Crippen LogP contribution >= 0.6 is 0 Å². The van der Waals surface area contributed by atoms with Gasteiger partial charge < -0.3 is 14.8 Å². The number of hydrogen-bond donors (Lipinski definition) is 1. The molecule has 5 nitrogen and oxygen atoms in total. The first kappa shape index (κ1) is 18.5. The molecule has 25 heavy (non-hydrogen) atoms. The summed E-state index contributed by atoms with van der Waals surface area (Å²) in [5.74, 6) is 0.327. The lowest BCUT2D eigenvalue weighted by Gasteiger charge is -2.18. The van der Waals surface area contributed by atoms with Crippen molar-refractivity contribution in [2.45, 2.75) is 25.3 Å². The van der Waals surface area contributed by atoms with E-state index >= 15 is 0 Å². The monoisotopic (exact) mass is 341 g/mol. The van der Waals surface area contributed by atoms with Crippen molar-refractivity contribution >= 4 is 11.9 Å². The summed E-state index contributed by atoms with van der Waals surface area (Å²) in [7, 11) is 2.96. The van der Waals surface area contributed by atoms with Crippen LogP contribution in [0, 0.1) is 0 Å². The molecule has 0 spiro atoms. The zero-order valence-corrected chi connectivity index (χ0v) is 14.5. The molecule has 1 atom stereocenters. The predicted octanol–water partition coefficient (Wildman–Crippen LogP) is 3.05. The van der Waals surface area contributed by atoms with Crippen molar-refractivity contribution in [2.24, 2.45) is 0 Å². The quantitative estimate of drug-likeness (QED) is 0.750. The summed E-state index contributed by atoms with van der Waals surface area (Å²) >= 11 is 0. The van der Waals surface area contributed by atoms with Crippen LogP contribution in [-0.2, 0) is 20.7 Å². The van der Waals surface area contributed by atoms with Gasteiger partial charge in [0.2, 0.25) is 5.91 Å². The molecule has 0 aliphatic carbocycles. The van der Waals surface area contributed by atoms with Crippen molar-refractivity contribution in [2.75, 3.05) is 14.2 Å². The van der Waals surface area contributed by atoms with Crippen molar-refractivity contribution in [3.05, 3.63) is 65.7 Å². The Kier molecular flexibility index (Phi) is 7.01. The number of ether oxygens (including phenoxy) is 2. The Morgan fingerprint density at radius 3 is 2.28 bits per heavy atom. The summed E-state index contributed by atoms with van der Waals surface area (Å²) in [6.07, 6.45) is 1.07. The highest BCUT2D eigenvalue weighted by atomic mass is 16.5. The van der Waals surface area contributed by atoms with Gasteiger partial charge >= 0.3 is 5.97 Å². The summed E-state index contributed by atoms with van der Waals surface area (Å²) in [5, 5.41) is 2.93. The third-order valence-electron chi connectivity index (χ3n) is 3.94. The Hall–Kier alpha value is -2.82. The number of hydrogen-bond acceptors (Lipinski definition) is 4. The number of aryl methyl sites for hydroxylation is 1. The average Bonchev–Trinajstić information content (AvgIpc) is 2.66. The maximum atomic E-state index is 12.3. The number of carbonyl (C=O) groups is 2. The second-order valence-corrected chi connectivity index (χ2v) is 5.66. The lowest BCUT2D eigenvalue weighted by atomic mass is 10.0. The third-order valence-corrected chi connectivity index (χ3v) is 3.94. The standard InChI is InChI=1S/C20H23NO4/c1-24-17-11-8-15(9-12-17)10-13-19(22)21-18(14-20(23)25-2)16-6-4-3-5-7-16/h3-9,11-12,18H,10,13-14H2,1-2H3,(H,21,22). The fourth-order valence-electron chi connectivity index (χ4n) is 2.50. The van der Waals surface area contributed by atoms with Crippen molar-refractivity contribution in [3.63, 3.8) is 0 Å². The van der Waals surface area contributed by atoms with Crippen LogP contribution in [0.4, 0.5) is 0 Å². The van der Waals surface area contributed by atoms with Crippen molar-refractivity contribution in [1.29, 1.82) is 0 Å². The number of nitrogens with one attached hydrogen (secondary N) is 1. The summed E-state index contributed by atoms with van der Waals surface area (Å²) in [6, 6.07) is 16.7. The zero-order valence-electron chi connectivity index (χ0n) is 14.5. The predicted molar refractivity (Wildman–Crippen MR) is 95.3 cm³/mol. The van der Waals surface area contributed by atoms with Gasteiger partial charge in [-0.1, -0.05) is 42.5 Å². The largest absolute Gasteiger partial charge is 0.497 e. The van der Waals surface area contributed by atoms with Gasteiger partial charge in [-0.2, -0.15) is 0 Å². The molecule has 0 saturated carbocycles. The Bertz CT molecular complexity index is 683. The van der Waals surface area contributed by atoms with E-state index in [4.69, 9.17) is 9.47 Å². The average molecular weight is 341 g/mol. The fourth-order valence-corrected chi connectivity index (χ4v) is 2.50. The molecule has 132 valence electrons. The molecule has 2 aromatic carbocycles. The molecule has 5 heteroatoms. The molecule has 0 aliphatic rings. The second kappa shape index (κ2) is 9.47. The maximum Gasteiger partial charge on any atom is 0.307 e. The molecule has 2 rings (SSSR count). The molecule has 0 fully saturated rings. The van der Waals surface area contributed by atoms with Crippen LogP contribution in [0.2, 0.25) is 0 Å². The minimum atomic E-state index is -0.392. The van der Waals surface area contributed by atoms with Crippen LogP contribution < -0.4 is 10.1 Å². The van der Waals surface area contributed by atoms with Gasteiger partial charge in [0, 0.05) is 6.42 Å². The van der Waals surface area contributed by atoms with E-state index in [0.717, 1.165) is 16.9 Å². The Balaban J connectivity index is 1.95. The van der Waals surface area contributed by atoms with E-state index in [9.17, 15) is 9.59 Å². The molecular weight excluding hydrogens is 318 g/mol. The minimum Gasteiger partial charge on any atom is -0.497 e. The van der Waals surface area contributed by atoms with E-state index in [2.05, 4.69) is 5.32 Å². The molecular formula is C20H23NO4. The smallest absolute Gasteiger partial charge is 0.307 e. The van der Waals surface area contributed by atoms with E-state index in [1.807, 2.05) is 54.6 Å². The molecule has 0 bridgehead atoms. The first-order valence-electron chi connectivity index (χ1n) is 8.16. The van der Waals surface area contributed by atoms with Crippen LogP contribution in [0.1, 0.15) is 30.0 Å². The van der Waals surface area contributed by atoms with E-state index in [1.54, 1.807) is 7.11 Å². The Morgan fingerprint density at radius 1 is 1.00 bits per heavy atom. The van der Waals surface area contributed by atoms with E-state index < -0.39 is 6.04 Å². The SMILES string of the molecule is COC(=O)CC(NC(=O)CCc1ccc(OC)cc1)c1ccccc1. The van der Waals surface area contributed by atoms with Crippen molar-refractivity contribution in [3.8, 4) is 5.75 Å². The van der Waals surface area contributed by atoms with Crippen LogP contribution in [-0.4, -0.2) is 26.1 Å². The van der Waals surface area contributed by atoms with Gasteiger partial charge in [0.1, 0.15) is 5.75 Å². The Labute approximate surface area is 148 Å². The molecule has 2 aromatic rings. The second-order valence-electron chi connectivity index (χ2n) is 5.66. The van der Waals surface area contributed by atoms with E-state index in [0.29, 0.717) is 12.8 Å². The highest BCUT2D eigenvalue weighted by Gasteiger charge is 2.18. The van der Waals surface area contributed by atoms with Gasteiger partial charge in [0.25, 0.3) is 0 Å². The van der Waals surface area contributed by atoms with Gasteiger partial charge in [-0.25, -0.2) is 0 Å². The highest BCUT2D eigenvalue weighted by Crippen LogP contribution is 2.18. The number of rotatable bonds is 8. The normalized spacial score (nSPS) is 11.4. The number of esters is 1. The highest BCUT2D eigenvalue weighted by molar-refractivity contribution is 5.78. The lowest BCUT2D eigenvalue weighted by Crippen LogP contribution is -2.30. The van der Waals surface area contributed by atoms with Crippen LogP contribution in [0.5, 0.6) is 5.75 Å². The van der Waals surface area contributed by atoms with Crippen molar-refractivity contribution in [1.82, 2.24) is 5.32 Å². The molecule has 1 unspecified atom stereocenters. The summed E-state index contributed by atoms with van der Waals surface area (Å²) in [6.45, 7) is 0. The molecule has 0 radical (unpaired) electrons. The lowest BCUT2D eigenvalue weighted by molar-refractivity contribution is -0.141. The topological polar surface area (TPSA) is 64.6 Å². The Morgan fingerprint density at radius 2 is 1.68 bits per heavy atom. The minimum absolute atomic E-state index is 0.103.